The molecule has 4 heteroatoms. The Balaban J connectivity index is 2.50. The minimum absolute atomic E-state index is 0.0455. The van der Waals surface area contributed by atoms with Crippen molar-refractivity contribution in [3.8, 4) is 17.2 Å². The number of rotatable bonds is 2. The summed E-state index contributed by atoms with van der Waals surface area (Å²) >= 11 is 0. The van der Waals surface area contributed by atoms with E-state index in [4.69, 9.17) is 0 Å². The number of ketones is 1. The maximum atomic E-state index is 12.1. The molecule has 0 aromatic heterocycles. The fraction of sp³-hybridized carbons (Fsp3) is 0.0714. The fourth-order valence-corrected chi connectivity index (χ4v) is 1.69. The van der Waals surface area contributed by atoms with Crippen LogP contribution in [0.2, 0.25) is 0 Å². The Kier molecular flexibility index (Phi) is 2.93. The average Bonchev–Trinajstić information content (AvgIpc) is 2.35. The Labute approximate surface area is 104 Å². The third kappa shape index (κ3) is 2.00. The molecule has 0 bridgehead atoms. The zero-order valence-corrected chi connectivity index (χ0v) is 9.71. The minimum atomic E-state index is -0.687. The lowest BCUT2D eigenvalue weighted by Gasteiger charge is -2.07. The van der Waals surface area contributed by atoms with E-state index in [2.05, 4.69) is 0 Å². The lowest BCUT2D eigenvalue weighted by molar-refractivity contribution is 0.103. The molecule has 3 N–H and O–H groups in total. The molecule has 0 fully saturated rings. The van der Waals surface area contributed by atoms with E-state index in [1.54, 1.807) is 18.2 Å². The third-order valence-corrected chi connectivity index (χ3v) is 2.65. The fourth-order valence-electron chi connectivity index (χ4n) is 1.69. The molecule has 0 saturated heterocycles. The second kappa shape index (κ2) is 4.41. The second-order valence-electron chi connectivity index (χ2n) is 4.03. The number of phenolic OH excluding ortho intramolecular Hbond substituents is 3. The van der Waals surface area contributed by atoms with Crippen LogP contribution < -0.4 is 0 Å². The van der Waals surface area contributed by atoms with Crippen LogP contribution in [0.1, 0.15) is 21.5 Å². The summed E-state index contributed by atoms with van der Waals surface area (Å²) in [5.74, 6) is -2.17. The van der Waals surface area contributed by atoms with Crippen molar-refractivity contribution in [2.45, 2.75) is 6.92 Å². The number of carbonyl (C=O) groups excluding carboxylic acids is 1. The molecule has 0 radical (unpaired) electrons. The number of carbonyl (C=O) groups is 1. The number of aryl methyl sites for hydroxylation is 1. The summed E-state index contributed by atoms with van der Waals surface area (Å²) in [6, 6.07) is 9.34. The van der Waals surface area contributed by atoms with Crippen molar-refractivity contribution in [3.63, 3.8) is 0 Å². The van der Waals surface area contributed by atoms with Crippen molar-refractivity contribution in [3.05, 3.63) is 53.1 Å². The summed E-state index contributed by atoms with van der Waals surface area (Å²) in [7, 11) is 0. The number of phenols is 3. The monoisotopic (exact) mass is 244 g/mol. The van der Waals surface area contributed by atoms with Crippen LogP contribution in [-0.4, -0.2) is 21.1 Å². The van der Waals surface area contributed by atoms with Crippen molar-refractivity contribution in [2.24, 2.45) is 0 Å². The molecule has 0 spiro atoms. The zero-order chi connectivity index (χ0) is 13.3. The molecular weight excluding hydrogens is 232 g/mol. The van der Waals surface area contributed by atoms with Crippen LogP contribution in [0.15, 0.2) is 36.4 Å². The largest absolute Gasteiger partial charge is 0.504 e. The predicted octanol–water partition coefficient (Wildman–Crippen LogP) is 2.34. The van der Waals surface area contributed by atoms with Crippen LogP contribution in [0.4, 0.5) is 0 Å². The van der Waals surface area contributed by atoms with Gasteiger partial charge in [-0.1, -0.05) is 23.8 Å². The maximum Gasteiger partial charge on any atom is 0.201 e. The summed E-state index contributed by atoms with van der Waals surface area (Å²) in [5, 5.41) is 28.2. The number of aromatic hydroxyl groups is 3. The molecule has 2 aromatic rings. The Morgan fingerprint density at radius 3 is 2.39 bits per heavy atom. The smallest absolute Gasteiger partial charge is 0.201 e. The van der Waals surface area contributed by atoms with Gasteiger partial charge in [0, 0.05) is 5.56 Å². The minimum Gasteiger partial charge on any atom is -0.504 e. The van der Waals surface area contributed by atoms with Crippen molar-refractivity contribution in [1.82, 2.24) is 0 Å². The first-order valence-corrected chi connectivity index (χ1v) is 5.36. The molecule has 2 rings (SSSR count). The van der Waals surface area contributed by atoms with Crippen molar-refractivity contribution in [1.29, 1.82) is 0 Å². The maximum absolute atomic E-state index is 12.1. The van der Waals surface area contributed by atoms with Gasteiger partial charge in [-0.05, 0) is 25.1 Å². The van der Waals surface area contributed by atoms with Gasteiger partial charge in [0.1, 0.15) is 0 Å². The number of benzene rings is 2. The van der Waals surface area contributed by atoms with Crippen LogP contribution in [0.3, 0.4) is 0 Å². The van der Waals surface area contributed by atoms with E-state index in [1.165, 1.54) is 6.07 Å². The van der Waals surface area contributed by atoms with Gasteiger partial charge in [-0.15, -0.1) is 0 Å². The van der Waals surface area contributed by atoms with Gasteiger partial charge in [0.05, 0.1) is 5.56 Å². The molecule has 0 unspecified atom stereocenters. The normalized spacial score (nSPS) is 10.3. The van der Waals surface area contributed by atoms with Crippen LogP contribution in [0.5, 0.6) is 17.2 Å². The standard InChI is InChI=1S/C14H12O4/c1-8-3-2-4-9(7-8)12(16)10-5-6-11(15)14(18)13(10)17/h2-7,15,17-18H,1H3. The van der Waals surface area contributed by atoms with Gasteiger partial charge in [-0.25, -0.2) is 0 Å². The van der Waals surface area contributed by atoms with Crippen LogP contribution in [0.25, 0.3) is 0 Å². The Hall–Kier alpha value is -2.49. The van der Waals surface area contributed by atoms with Gasteiger partial charge in [-0.3, -0.25) is 4.79 Å². The SMILES string of the molecule is Cc1cccc(C(=O)c2ccc(O)c(O)c2O)c1. The lowest BCUT2D eigenvalue weighted by atomic mass is 10.0. The topological polar surface area (TPSA) is 77.8 Å². The molecule has 0 aliphatic rings. The molecule has 92 valence electrons. The highest BCUT2D eigenvalue weighted by Crippen LogP contribution is 2.37. The van der Waals surface area contributed by atoms with E-state index < -0.39 is 23.0 Å². The Morgan fingerprint density at radius 2 is 1.72 bits per heavy atom. The highest BCUT2D eigenvalue weighted by atomic mass is 16.3. The molecule has 0 aliphatic carbocycles. The first-order valence-electron chi connectivity index (χ1n) is 5.36. The van der Waals surface area contributed by atoms with Crippen LogP contribution >= 0.6 is 0 Å². The van der Waals surface area contributed by atoms with Crippen molar-refractivity contribution in [2.75, 3.05) is 0 Å². The molecule has 2 aromatic carbocycles. The number of hydrogen-bond donors (Lipinski definition) is 3. The Morgan fingerprint density at radius 1 is 1.00 bits per heavy atom. The van der Waals surface area contributed by atoms with Gasteiger partial charge < -0.3 is 15.3 Å². The molecule has 0 amide bonds. The Bertz CT molecular complexity index is 617. The molecule has 0 heterocycles. The van der Waals surface area contributed by atoms with Gasteiger partial charge in [0.25, 0.3) is 0 Å². The van der Waals surface area contributed by atoms with E-state index in [1.807, 2.05) is 13.0 Å². The third-order valence-electron chi connectivity index (χ3n) is 2.65. The predicted molar refractivity (Wildman–Crippen MR) is 66.0 cm³/mol. The quantitative estimate of drug-likeness (QED) is 0.559. The zero-order valence-electron chi connectivity index (χ0n) is 9.71. The van der Waals surface area contributed by atoms with E-state index in [9.17, 15) is 20.1 Å². The molecule has 0 saturated carbocycles. The first kappa shape index (κ1) is 12.0. The van der Waals surface area contributed by atoms with Crippen LogP contribution in [-0.2, 0) is 0 Å². The summed E-state index contributed by atoms with van der Waals surface area (Å²) in [6.45, 7) is 1.85. The van der Waals surface area contributed by atoms with Crippen molar-refractivity contribution < 1.29 is 20.1 Å². The summed E-state index contributed by atoms with van der Waals surface area (Å²) in [6.07, 6.45) is 0. The van der Waals surface area contributed by atoms with Crippen molar-refractivity contribution >= 4 is 5.78 Å². The van der Waals surface area contributed by atoms with Gasteiger partial charge in [0.15, 0.2) is 17.3 Å². The molecule has 18 heavy (non-hydrogen) atoms. The molecule has 0 aliphatic heterocycles. The van der Waals surface area contributed by atoms with Gasteiger partial charge in [-0.2, -0.15) is 0 Å². The second-order valence-corrected chi connectivity index (χ2v) is 4.03. The molecule has 4 nitrogen and oxygen atoms in total. The van der Waals surface area contributed by atoms with E-state index in [0.717, 1.165) is 11.6 Å². The van der Waals surface area contributed by atoms with Crippen LogP contribution in [0, 0.1) is 6.92 Å². The summed E-state index contributed by atoms with van der Waals surface area (Å²) in [4.78, 5) is 12.1. The summed E-state index contributed by atoms with van der Waals surface area (Å²) in [5.41, 5.74) is 1.29. The summed E-state index contributed by atoms with van der Waals surface area (Å²) < 4.78 is 0. The molecule has 0 atom stereocenters. The first-order chi connectivity index (χ1) is 8.50. The van der Waals surface area contributed by atoms with E-state index in [-0.39, 0.29) is 5.56 Å². The van der Waals surface area contributed by atoms with Gasteiger partial charge in [0.2, 0.25) is 5.75 Å². The molecular formula is C14H12O4. The number of hydrogen-bond acceptors (Lipinski definition) is 4. The van der Waals surface area contributed by atoms with Gasteiger partial charge >= 0.3 is 0 Å². The highest BCUT2D eigenvalue weighted by Gasteiger charge is 2.18. The van der Waals surface area contributed by atoms with E-state index in [0.29, 0.717) is 5.56 Å². The highest BCUT2D eigenvalue weighted by molar-refractivity contribution is 6.11. The van der Waals surface area contributed by atoms with E-state index >= 15 is 0 Å². The average molecular weight is 244 g/mol. The lowest BCUT2D eigenvalue weighted by Crippen LogP contribution is -2.02.